The number of hydrogen-bond acceptors (Lipinski definition) is 4. The van der Waals surface area contributed by atoms with Crippen LogP contribution in [-0.2, 0) is 22.3 Å². The number of nitrogens with zero attached hydrogens (tertiary/aromatic N) is 1. The van der Waals surface area contributed by atoms with Crippen molar-refractivity contribution in [3.8, 4) is 0 Å². The molecule has 1 unspecified atom stereocenters. The van der Waals surface area contributed by atoms with Crippen molar-refractivity contribution in [1.82, 2.24) is 15.4 Å². The van der Waals surface area contributed by atoms with Crippen LogP contribution >= 0.6 is 35.3 Å². The van der Waals surface area contributed by atoms with E-state index in [1.54, 1.807) is 18.4 Å². The molecule has 0 saturated carbocycles. The molecular weight excluding hydrogens is 495 g/mol. The molecule has 0 bridgehead atoms. The van der Waals surface area contributed by atoms with Crippen LogP contribution in [-0.4, -0.2) is 35.0 Å². The Morgan fingerprint density at radius 3 is 2.59 bits per heavy atom. The summed E-state index contributed by atoms with van der Waals surface area (Å²) in [6.45, 7) is 3.53. The first-order valence-corrected chi connectivity index (χ1v) is 11.0. The van der Waals surface area contributed by atoms with Gasteiger partial charge in [0.2, 0.25) is 10.0 Å². The molecule has 0 saturated heterocycles. The highest BCUT2D eigenvalue weighted by atomic mass is 127. The van der Waals surface area contributed by atoms with Crippen LogP contribution in [0.3, 0.4) is 0 Å². The van der Waals surface area contributed by atoms with Gasteiger partial charge in [0.1, 0.15) is 0 Å². The fraction of sp³-hybridized carbons (Fsp3) is 0.389. The molecule has 3 N–H and O–H groups in total. The van der Waals surface area contributed by atoms with Crippen LogP contribution in [0.15, 0.2) is 46.1 Å². The first-order chi connectivity index (χ1) is 12.4. The summed E-state index contributed by atoms with van der Waals surface area (Å²) in [4.78, 5) is 4.24. The lowest BCUT2D eigenvalue weighted by Gasteiger charge is -2.15. The van der Waals surface area contributed by atoms with Gasteiger partial charge in [0, 0.05) is 20.1 Å². The van der Waals surface area contributed by atoms with E-state index in [0.717, 1.165) is 23.6 Å². The van der Waals surface area contributed by atoms with E-state index in [1.807, 2.05) is 24.3 Å². The molecule has 1 atom stereocenters. The first kappa shape index (κ1) is 23.9. The van der Waals surface area contributed by atoms with E-state index in [0.29, 0.717) is 12.5 Å². The Labute approximate surface area is 182 Å². The number of sulfonamides is 1. The Kier molecular flexibility index (Phi) is 10.3. The van der Waals surface area contributed by atoms with Crippen LogP contribution in [0.5, 0.6) is 0 Å². The molecule has 0 spiro atoms. The van der Waals surface area contributed by atoms with Gasteiger partial charge in [0.15, 0.2) is 5.96 Å². The number of nitrogens with one attached hydrogen (secondary N) is 3. The molecule has 6 nitrogen and oxygen atoms in total. The maximum absolute atomic E-state index is 11.7. The Morgan fingerprint density at radius 1 is 1.22 bits per heavy atom. The van der Waals surface area contributed by atoms with Gasteiger partial charge in [0.05, 0.1) is 5.75 Å². The number of rotatable bonds is 8. The van der Waals surface area contributed by atoms with Crippen molar-refractivity contribution in [3.05, 3.63) is 57.8 Å². The summed E-state index contributed by atoms with van der Waals surface area (Å²) in [5.41, 5.74) is 3.08. The van der Waals surface area contributed by atoms with Crippen LogP contribution in [0.25, 0.3) is 0 Å². The van der Waals surface area contributed by atoms with Gasteiger partial charge in [-0.1, -0.05) is 31.2 Å². The van der Waals surface area contributed by atoms with Gasteiger partial charge in [0.25, 0.3) is 0 Å². The standard InChI is InChI=1S/C18H26N4O2S2.HI/c1-14(17-7-8-25-12-17)10-21-18(19-2)22-11-15-5-4-6-16(9-15)13-26(23,24)20-3;/h4-9,12,14,20H,10-11,13H2,1-3H3,(H2,19,21,22);1H. The minimum Gasteiger partial charge on any atom is -0.356 e. The molecule has 150 valence electrons. The maximum atomic E-state index is 11.7. The van der Waals surface area contributed by atoms with Crippen LogP contribution in [0, 0.1) is 0 Å². The van der Waals surface area contributed by atoms with E-state index < -0.39 is 10.0 Å². The summed E-state index contributed by atoms with van der Waals surface area (Å²) in [5.74, 6) is 1.10. The third kappa shape index (κ3) is 8.16. The number of benzene rings is 1. The minimum absolute atomic E-state index is 0. The third-order valence-corrected chi connectivity index (χ3v) is 6.07. The average Bonchev–Trinajstić information content (AvgIpc) is 3.16. The predicted molar refractivity (Wildman–Crippen MR) is 124 cm³/mol. The van der Waals surface area contributed by atoms with Gasteiger partial charge in [-0.2, -0.15) is 11.3 Å². The van der Waals surface area contributed by atoms with Crippen molar-refractivity contribution in [2.24, 2.45) is 4.99 Å². The zero-order chi connectivity index (χ0) is 19.0. The Balaban J connectivity index is 0.00000364. The summed E-state index contributed by atoms with van der Waals surface area (Å²) in [7, 11) is -0.110. The molecular formula is C18H27IN4O2S2. The number of guanidine groups is 1. The lowest BCUT2D eigenvalue weighted by Crippen LogP contribution is -2.38. The lowest BCUT2D eigenvalue weighted by atomic mass is 10.1. The molecule has 1 heterocycles. The second-order valence-electron chi connectivity index (χ2n) is 6.05. The molecule has 27 heavy (non-hydrogen) atoms. The lowest BCUT2D eigenvalue weighted by molar-refractivity contribution is 0.587. The average molecular weight is 522 g/mol. The summed E-state index contributed by atoms with van der Waals surface area (Å²) in [6, 6.07) is 9.67. The molecule has 2 rings (SSSR count). The summed E-state index contributed by atoms with van der Waals surface area (Å²) >= 11 is 1.70. The highest BCUT2D eigenvalue weighted by Crippen LogP contribution is 2.17. The SMILES string of the molecule is CN=C(NCc1cccc(CS(=O)(=O)NC)c1)NCC(C)c1ccsc1.I. The van der Waals surface area contributed by atoms with Crippen molar-refractivity contribution in [2.45, 2.75) is 25.1 Å². The smallest absolute Gasteiger partial charge is 0.215 e. The van der Waals surface area contributed by atoms with Crippen LogP contribution < -0.4 is 15.4 Å². The first-order valence-electron chi connectivity index (χ1n) is 8.39. The van der Waals surface area contributed by atoms with Crippen LogP contribution in [0.4, 0.5) is 0 Å². The van der Waals surface area contributed by atoms with E-state index in [2.05, 4.69) is 44.1 Å². The topological polar surface area (TPSA) is 82.6 Å². The Bertz CT molecular complexity index is 824. The maximum Gasteiger partial charge on any atom is 0.215 e. The van der Waals surface area contributed by atoms with Crippen LogP contribution in [0.2, 0.25) is 0 Å². The zero-order valence-corrected chi connectivity index (χ0v) is 19.7. The molecule has 0 aliphatic rings. The number of hydrogen-bond donors (Lipinski definition) is 3. The third-order valence-electron chi connectivity index (χ3n) is 4.03. The van der Waals surface area contributed by atoms with E-state index >= 15 is 0 Å². The van der Waals surface area contributed by atoms with E-state index in [9.17, 15) is 8.42 Å². The molecule has 9 heteroatoms. The fourth-order valence-electron chi connectivity index (χ4n) is 2.45. The van der Waals surface area contributed by atoms with Crippen molar-refractivity contribution in [3.63, 3.8) is 0 Å². The van der Waals surface area contributed by atoms with Gasteiger partial charge in [-0.25, -0.2) is 13.1 Å². The predicted octanol–water partition coefficient (Wildman–Crippen LogP) is 2.88. The quantitative estimate of drug-likeness (QED) is 0.283. The monoisotopic (exact) mass is 522 g/mol. The molecule has 1 aromatic carbocycles. The van der Waals surface area contributed by atoms with Crippen molar-refractivity contribution >= 4 is 51.3 Å². The number of aliphatic imine (C=N–C) groups is 1. The van der Waals surface area contributed by atoms with E-state index in [1.165, 1.54) is 12.6 Å². The minimum atomic E-state index is -3.27. The highest BCUT2D eigenvalue weighted by molar-refractivity contribution is 14.0. The summed E-state index contributed by atoms with van der Waals surface area (Å²) in [5, 5.41) is 10.8. The van der Waals surface area contributed by atoms with Gasteiger partial charge in [-0.15, -0.1) is 24.0 Å². The fourth-order valence-corrected chi connectivity index (χ4v) is 4.00. The normalized spacial score (nSPS) is 12.9. The van der Waals surface area contributed by atoms with Crippen molar-refractivity contribution in [2.75, 3.05) is 20.6 Å². The Morgan fingerprint density at radius 2 is 1.96 bits per heavy atom. The molecule has 0 fully saturated rings. The summed E-state index contributed by atoms with van der Waals surface area (Å²) in [6.07, 6.45) is 0. The highest BCUT2D eigenvalue weighted by Gasteiger charge is 2.09. The van der Waals surface area contributed by atoms with Crippen molar-refractivity contribution < 1.29 is 8.42 Å². The molecule has 0 aliphatic heterocycles. The Hall–Kier alpha value is -1.17. The van der Waals surface area contributed by atoms with E-state index in [4.69, 9.17) is 0 Å². The summed E-state index contributed by atoms with van der Waals surface area (Å²) < 4.78 is 25.7. The van der Waals surface area contributed by atoms with Gasteiger partial charge >= 0.3 is 0 Å². The van der Waals surface area contributed by atoms with Crippen LogP contribution in [0.1, 0.15) is 29.5 Å². The van der Waals surface area contributed by atoms with Crippen molar-refractivity contribution in [1.29, 1.82) is 0 Å². The number of halogens is 1. The molecule has 0 aliphatic carbocycles. The molecule has 2 aromatic rings. The zero-order valence-electron chi connectivity index (χ0n) is 15.7. The van der Waals surface area contributed by atoms with Gasteiger partial charge in [-0.05, 0) is 46.5 Å². The largest absolute Gasteiger partial charge is 0.356 e. The molecule has 0 radical (unpaired) electrons. The van der Waals surface area contributed by atoms with Gasteiger partial charge < -0.3 is 10.6 Å². The molecule has 1 aromatic heterocycles. The van der Waals surface area contributed by atoms with Gasteiger partial charge in [-0.3, -0.25) is 4.99 Å². The van der Waals surface area contributed by atoms with E-state index in [-0.39, 0.29) is 29.7 Å². The second kappa shape index (κ2) is 11.6. The number of thiophene rings is 1. The second-order valence-corrected chi connectivity index (χ2v) is 8.75. The molecule has 0 amide bonds.